The fraction of sp³-hybridized carbons (Fsp3) is 0. The number of nitrogens with one attached hydrogen (secondary N) is 2. The molecule has 0 spiro atoms. The minimum Gasteiger partial charge on any atom is -0.340 e. The van der Waals surface area contributed by atoms with E-state index in [0.29, 0.717) is 17.2 Å². The van der Waals surface area contributed by atoms with Gasteiger partial charge in [0.1, 0.15) is 18.0 Å². The topological polar surface area (TPSA) is 75.1 Å². The van der Waals surface area contributed by atoms with Crippen molar-refractivity contribution in [2.45, 2.75) is 0 Å². The van der Waals surface area contributed by atoms with Gasteiger partial charge in [0.15, 0.2) is 5.65 Å². The maximum Gasteiger partial charge on any atom is 0.348 e. The number of fused-ring (bicyclic) bond motifs is 1. The largest absolute Gasteiger partial charge is 0.348 e. The number of anilines is 2. The van der Waals surface area contributed by atoms with E-state index in [1.54, 1.807) is 6.07 Å². The molecular weight excluding hydrogens is 273 g/mol. The molecule has 8 heteroatoms. The van der Waals surface area contributed by atoms with Crippen LogP contribution in [0, 0.1) is 5.82 Å². The summed E-state index contributed by atoms with van der Waals surface area (Å²) in [5.74, 6) is -0.0244. The normalized spacial score (nSPS) is 10.8. The van der Waals surface area contributed by atoms with Crippen LogP contribution in [0.5, 0.6) is 0 Å². The molecular formula is C11H7ClFN5O. The minimum atomic E-state index is -0.491. The van der Waals surface area contributed by atoms with Crippen LogP contribution in [0.4, 0.5) is 15.9 Å². The number of benzene rings is 1. The van der Waals surface area contributed by atoms with Crippen molar-refractivity contribution in [3.05, 3.63) is 51.9 Å². The Kier molecular flexibility index (Phi) is 2.68. The molecule has 0 saturated heterocycles. The second-order valence-electron chi connectivity index (χ2n) is 3.78. The maximum absolute atomic E-state index is 13.0. The molecule has 0 atom stereocenters. The van der Waals surface area contributed by atoms with Gasteiger partial charge in [0.25, 0.3) is 0 Å². The first-order valence-corrected chi connectivity index (χ1v) is 5.66. The van der Waals surface area contributed by atoms with Crippen LogP contribution in [-0.4, -0.2) is 19.6 Å². The fourth-order valence-electron chi connectivity index (χ4n) is 1.60. The molecule has 0 saturated carbocycles. The lowest BCUT2D eigenvalue weighted by Crippen LogP contribution is -2.09. The number of halogens is 2. The van der Waals surface area contributed by atoms with Crippen molar-refractivity contribution < 1.29 is 4.39 Å². The van der Waals surface area contributed by atoms with Gasteiger partial charge in [-0.1, -0.05) is 11.6 Å². The van der Waals surface area contributed by atoms with Gasteiger partial charge in [0.05, 0.1) is 5.02 Å². The average Bonchev–Trinajstić information content (AvgIpc) is 2.75. The predicted molar refractivity (Wildman–Crippen MR) is 68.3 cm³/mol. The molecule has 0 unspecified atom stereocenters. The van der Waals surface area contributed by atoms with Crippen LogP contribution in [0.2, 0.25) is 5.02 Å². The molecule has 3 rings (SSSR count). The Bertz CT molecular complexity index is 812. The molecule has 96 valence electrons. The van der Waals surface area contributed by atoms with E-state index in [1.807, 2.05) is 0 Å². The monoisotopic (exact) mass is 279 g/mol. The summed E-state index contributed by atoms with van der Waals surface area (Å²) in [5.41, 5.74) is 0.649. The SMILES string of the molecule is O=c1[nH]nc2cc(Nc3ccc(F)c(Cl)c3)ncn12. The summed E-state index contributed by atoms with van der Waals surface area (Å²) in [6.45, 7) is 0. The summed E-state index contributed by atoms with van der Waals surface area (Å²) < 4.78 is 14.3. The Hall–Kier alpha value is -2.41. The van der Waals surface area contributed by atoms with Crippen LogP contribution in [0.3, 0.4) is 0 Å². The van der Waals surface area contributed by atoms with Crippen molar-refractivity contribution in [2.24, 2.45) is 0 Å². The average molecular weight is 280 g/mol. The van der Waals surface area contributed by atoms with Crippen LogP contribution in [0.25, 0.3) is 5.65 Å². The first kappa shape index (κ1) is 11.7. The Morgan fingerprint density at radius 3 is 3.00 bits per heavy atom. The summed E-state index contributed by atoms with van der Waals surface area (Å²) in [5, 5.41) is 9.07. The van der Waals surface area contributed by atoms with E-state index in [9.17, 15) is 9.18 Å². The Morgan fingerprint density at radius 2 is 2.21 bits per heavy atom. The van der Waals surface area contributed by atoms with Gasteiger partial charge in [0.2, 0.25) is 0 Å². The van der Waals surface area contributed by atoms with Gasteiger partial charge in [-0.15, -0.1) is 0 Å². The van der Waals surface area contributed by atoms with E-state index in [4.69, 9.17) is 11.6 Å². The van der Waals surface area contributed by atoms with Crippen LogP contribution < -0.4 is 11.0 Å². The molecule has 0 fully saturated rings. The van der Waals surface area contributed by atoms with E-state index in [-0.39, 0.29) is 10.7 Å². The van der Waals surface area contributed by atoms with Crippen molar-refractivity contribution in [3.63, 3.8) is 0 Å². The van der Waals surface area contributed by atoms with Crippen LogP contribution in [0.15, 0.2) is 35.4 Å². The van der Waals surface area contributed by atoms with Crippen molar-refractivity contribution in [1.29, 1.82) is 0 Å². The van der Waals surface area contributed by atoms with E-state index in [0.717, 1.165) is 0 Å². The fourth-order valence-corrected chi connectivity index (χ4v) is 1.78. The maximum atomic E-state index is 13.0. The van der Waals surface area contributed by atoms with Crippen molar-refractivity contribution in [3.8, 4) is 0 Å². The van der Waals surface area contributed by atoms with Gasteiger partial charge in [0, 0.05) is 11.8 Å². The summed E-state index contributed by atoms with van der Waals surface area (Å²) in [6, 6.07) is 5.81. The summed E-state index contributed by atoms with van der Waals surface area (Å²) in [7, 11) is 0. The number of nitrogens with zero attached hydrogens (tertiary/aromatic N) is 3. The first-order valence-electron chi connectivity index (χ1n) is 5.28. The number of hydrogen-bond acceptors (Lipinski definition) is 4. The molecule has 2 N–H and O–H groups in total. The molecule has 1 aromatic carbocycles. The Labute approximate surface area is 110 Å². The van der Waals surface area contributed by atoms with Gasteiger partial charge < -0.3 is 5.32 Å². The van der Waals surface area contributed by atoms with Gasteiger partial charge in [-0.3, -0.25) is 0 Å². The molecule has 0 aliphatic heterocycles. The zero-order valence-electron chi connectivity index (χ0n) is 9.39. The van der Waals surface area contributed by atoms with E-state index in [1.165, 1.54) is 28.9 Å². The zero-order chi connectivity index (χ0) is 13.4. The lowest BCUT2D eigenvalue weighted by Gasteiger charge is -2.06. The number of rotatable bonds is 2. The lowest BCUT2D eigenvalue weighted by molar-refractivity contribution is 0.628. The molecule has 0 aliphatic rings. The van der Waals surface area contributed by atoms with Gasteiger partial charge in [-0.25, -0.2) is 23.7 Å². The zero-order valence-corrected chi connectivity index (χ0v) is 10.1. The number of H-pyrrole nitrogens is 1. The molecule has 0 bridgehead atoms. The molecule has 3 aromatic rings. The van der Waals surface area contributed by atoms with E-state index < -0.39 is 5.82 Å². The van der Waals surface area contributed by atoms with E-state index in [2.05, 4.69) is 20.5 Å². The number of aromatic nitrogens is 4. The van der Waals surface area contributed by atoms with E-state index >= 15 is 0 Å². The highest BCUT2D eigenvalue weighted by atomic mass is 35.5. The van der Waals surface area contributed by atoms with Crippen LogP contribution in [0.1, 0.15) is 0 Å². The Balaban J connectivity index is 1.96. The third kappa shape index (κ3) is 2.15. The summed E-state index contributed by atoms with van der Waals surface area (Å²) in [4.78, 5) is 15.3. The quantitative estimate of drug-likeness (QED) is 0.752. The summed E-state index contributed by atoms with van der Waals surface area (Å²) >= 11 is 5.68. The van der Waals surface area contributed by atoms with Crippen molar-refractivity contribution in [2.75, 3.05) is 5.32 Å². The number of aromatic amines is 1. The molecule has 2 heterocycles. The lowest BCUT2D eigenvalue weighted by atomic mass is 10.3. The van der Waals surface area contributed by atoms with Gasteiger partial charge >= 0.3 is 5.69 Å². The van der Waals surface area contributed by atoms with Crippen molar-refractivity contribution in [1.82, 2.24) is 19.6 Å². The number of hydrogen-bond donors (Lipinski definition) is 2. The smallest absolute Gasteiger partial charge is 0.340 e. The molecule has 19 heavy (non-hydrogen) atoms. The van der Waals surface area contributed by atoms with Crippen molar-refractivity contribution >= 4 is 28.8 Å². The molecule has 0 amide bonds. The Morgan fingerprint density at radius 1 is 1.37 bits per heavy atom. The predicted octanol–water partition coefficient (Wildman–Crippen LogP) is 1.95. The standard InChI is InChI=1S/C11H7ClFN5O/c12-7-3-6(1-2-8(7)13)15-9-4-10-16-17-11(19)18(10)5-14-9/h1-5,15H,(H,17,19). The third-order valence-electron chi connectivity index (χ3n) is 2.50. The van der Waals surface area contributed by atoms with Crippen LogP contribution in [-0.2, 0) is 0 Å². The highest BCUT2D eigenvalue weighted by molar-refractivity contribution is 6.31. The minimum absolute atomic E-state index is 0.0158. The molecule has 0 aliphatic carbocycles. The molecule has 0 radical (unpaired) electrons. The highest BCUT2D eigenvalue weighted by Crippen LogP contribution is 2.21. The molecule has 6 nitrogen and oxygen atoms in total. The van der Waals surface area contributed by atoms with Crippen LogP contribution >= 0.6 is 11.6 Å². The summed E-state index contributed by atoms with van der Waals surface area (Å²) in [6.07, 6.45) is 1.34. The van der Waals surface area contributed by atoms with Gasteiger partial charge in [-0.2, -0.15) is 5.10 Å². The highest BCUT2D eigenvalue weighted by Gasteiger charge is 2.04. The molecule has 2 aromatic heterocycles. The second-order valence-corrected chi connectivity index (χ2v) is 4.19. The van der Waals surface area contributed by atoms with Gasteiger partial charge in [-0.05, 0) is 18.2 Å². The second kappa shape index (κ2) is 4.36. The first-order chi connectivity index (χ1) is 9.13. The third-order valence-corrected chi connectivity index (χ3v) is 2.79.